The summed E-state index contributed by atoms with van der Waals surface area (Å²) in [7, 11) is 0.224. The third-order valence-corrected chi connectivity index (χ3v) is 4.00. The highest BCUT2D eigenvalue weighted by Gasteiger charge is 2.28. The van der Waals surface area contributed by atoms with Gasteiger partial charge in [0.2, 0.25) is 0 Å². The van der Waals surface area contributed by atoms with Gasteiger partial charge in [-0.15, -0.1) is 0 Å². The summed E-state index contributed by atoms with van der Waals surface area (Å²) in [6, 6.07) is 0. The van der Waals surface area contributed by atoms with E-state index < -0.39 is 34.5 Å². The summed E-state index contributed by atoms with van der Waals surface area (Å²) in [6.07, 6.45) is 1.65. The van der Waals surface area contributed by atoms with Crippen LogP contribution in [0.15, 0.2) is 0 Å². The summed E-state index contributed by atoms with van der Waals surface area (Å²) < 4.78 is 54.8. The van der Waals surface area contributed by atoms with Gasteiger partial charge in [0.25, 0.3) is 0 Å². The maximum atomic E-state index is 13.7. The molecule has 0 aliphatic carbocycles. The minimum absolute atomic E-state index is 0.224. The second kappa shape index (κ2) is 4.21. The van der Waals surface area contributed by atoms with Crippen LogP contribution in [0.1, 0.15) is 12.0 Å². The summed E-state index contributed by atoms with van der Waals surface area (Å²) in [5, 5.41) is 0. The molecule has 1 fully saturated rings. The van der Waals surface area contributed by atoms with Gasteiger partial charge < -0.3 is 4.67 Å². The van der Waals surface area contributed by atoms with Gasteiger partial charge in [0.05, 0.1) is 0 Å². The average molecular weight is 251 g/mol. The Bertz CT molecular complexity index is 400. The zero-order valence-corrected chi connectivity index (χ0v) is 9.58. The molecule has 6 heteroatoms. The number of nitrogens with zero attached hydrogens (tertiary/aromatic N) is 1. The Morgan fingerprint density at radius 3 is 2.25 bits per heavy atom. The summed E-state index contributed by atoms with van der Waals surface area (Å²) in [5.41, 5.74) is -0.891. The van der Waals surface area contributed by atoms with Crippen LogP contribution in [0, 0.1) is 30.2 Å². The Labute approximate surface area is 92.3 Å². The quantitative estimate of drug-likeness (QED) is 0.320. The molecular formula is C10H10F4NP. The standard InChI is InChI=1S/C10H10F4NP/c1-5-6(11)8(13)9(14)10(7(5)12)15-3-2-4-16-15/h16H,2-4H2,1H3. The zero-order valence-electron chi connectivity index (χ0n) is 8.58. The Morgan fingerprint density at radius 2 is 1.69 bits per heavy atom. The molecule has 0 N–H and O–H groups in total. The highest BCUT2D eigenvalue weighted by molar-refractivity contribution is 7.40. The lowest BCUT2D eigenvalue weighted by molar-refractivity contribution is 0.430. The average Bonchev–Trinajstić information content (AvgIpc) is 2.77. The van der Waals surface area contributed by atoms with E-state index in [-0.39, 0.29) is 8.73 Å². The third kappa shape index (κ3) is 1.67. The maximum Gasteiger partial charge on any atom is 0.197 e. The van der Waals surface area contributed by atoms with E-state index in [0.717, 1.165) is 19.5 Å². The van der Waals surface area contributed by atoms with E-state index in [1.165, 1.54) is 4.67 Å². The van der Waals surface area contributed by atoms with Crippen LogP contribution in [0.4, 0.5) is 23.2 Å². The highest BCUT2D eigenvalue weighted by atomic mass is 31.1. The lowest BCUT2D eigenvalue weighted by Crippen LogP contribution is -2.15. The number of anilines is 1. The fourth-order valence-electron chi connectivity index (χ4n) is 1.69. The molecule has 0 radical (unpaired) electrons. The van der Waals surface area contributed by atoms with Crippen molar-refractivity contribution in [2.45, 2.75) is 13.3 Å². The monoisotopic (exact) mass is 251 g/mol. The van der Waals surface area contributed by atoms with Crippen LogP contribution in [0.3, 0.4) is 0 Å². The van der Waals surface area contributed by atoms with Crippen LogP contribution in [0.25, 0.3) is 0 Å². The van der Waals surface area contributed by atoms with Crippen molar-refractivity contribution in [3.05, 3.63) is 28.8 Å². The van der Waals surface area contributed by atoms with E-state index in [0.29, 0.717) is 6.54 Å². The van der Waals surface area contributed by atoms with Crippen LogP contribution < -0.4 is 4.67 Å². The van der Waals surface area contributed by atoms with Crippen molar-refractivity contribution in [3.8, 4) is 0 Å². The van der Waals surface area contributed by atoms with Gasteiger partial charge in [-0.3, -0.25) is 0 Å². The normalized spacial score (nSPS) is 17.4. The molecule has 0 spiro atoms. The van der Waals surface area contributed by atoms with Gasteiger partial charge in [-0.2, -0.15) is 0 Å². The summed E-state index contributed by atoms with van der Waals surface area (Å²) in [4.78, 5) is 0. The highest BCUT2D eigenvalue weighted by Crippen LogP contribution is 2.39. The molecule has 1 unspecified atom stereocenters. The Balaban J connectivity index is 2.59. The van der Waals surface area contributed by atoms with E-state index in [1.807, 2.05) is 0 Å². The third-order valence-electron chi connectivity index (χ3n) is 2.59. The molecule has 2 rings (SSSR count). The van der Waals surface area contributed by atoms with Gasteiger partial charge in [-0.1, -0.05) is 0 Å². The lowest BCUT2D eigenvalue weighted by Gasteiger charge is -2.20. The summed E-state index contributed by atoms with van der Waals surface area (Å²) >= 11 is 0. The van der Waals surface area contributed by atoms with Crippen molar-refractivity contribution in [3.63, 3.8) is 0 Å². The van der Waals surface area contributed by atoms with Gasteiger partial charge in [-0.05, 0) is 28.2 Å². The smallest absolute Gasteiger partial charge is 0.197 e. The molecule has 0 aromatic heterocycles. The largest absolute Gasteiger partial charge is 0.348 e. The minimum Gasteiger partial charge on any atom is -0.348 e. The van der Waals surface area contributed by atoms with Crippen molar-refractivity contribution >= 4 is 14.4 Å². The van der Waals surface area contributed by atoms with Crippen molar-refractivity contribution in [1.29, 1.82) is 0 Å². The molecular weight excluding hydrogens is 241 g/mol. The number of hydrogen-bond donors (Lipinski definition) is 0. The van der Waals surface area contributed by atoms with Gasteiger partial charge in [-0.25, -0.2) is 17.6 Å². The second-order valence-electron chi connectivity index (χ2n) is 3.64. The van der Waals surface area contributed by atoms with Crippen molar-refractivity contribution in [1.82, 2.24) is 0 Å². The maximum absolute atomic E-state index is 13.7. The number of rotatable bonds is 1. The Kier molecular flexibility index (Phi) is 3.06. The molecule has 1 saturated heterocycles. The van der Waals surface area contributed by atoms with E-state index in [2.05, 4.69) is 0 Å². The molecule has 0 amide bonds. The van der Waals surface area contributed by atoms with E-state index in [4.69, 9.17) is 0 Å². The summed E-state index contributed by atoms with van der Waals surface area (Å²) in [6.45, 7) is 1.59. The Morgan fingerprint density at radius 1 is 1.00 bits per heavy atom. The first kappa shape index (κ1) is 11.6. The molecule has 1 aromatic carbocycles. The van der Waals surface area contributed by atoms with Crippen LogP contribution >= 0.6 is 8.73 Å². The molecule has 0 bridgehead atoms. The molecule has 16 heavy (non-hydrogen) atoms. The fourth-order valence-corrected chi connectivity index (χ4v) is 2.95. The molecule has 0 saturated carbocycles. The predicted octanol–water partition coefficient (Wildman–Crippen LogP) is 3.36. The first-order chi connectivity index (χ1) is 7.54. The second-order valence-corrected chi connectivity index (χ2v) is 5.00. The fraction of sp³-hybridized carbons (Fsp3) is 0.400. The van der Waals surface area contributed by atoms with Gasteiger partial charge in [0.1, 0.15) is 5.69 Å². The molecule has 88 valence electrons. The van der Waals surface area contributed by atoms with Crippen LogP contribution in [-0.2, 0) is 0 Å². The Hall–Kier alpha value is -0.830. The number of halogens is 4. The predicted molar refractivity (Wildman–Crippen MR) is 56.2 cm³/mol. The first-order valence-electron chi connectivity index (χ1n) is 4.87. The zero-order chi connectivity index (χ0) is 11.9. The number of benzene rings is 1. The van der Waals surface area contributed by atoms with Gasteiger partial charge >= 0.3 is 0 Å². The van der Waals surface area contributed by atoms with Gasteiger partial charge in [0, 0.05) is 12.1 Å². The molecule has 1 nitrogen and oxygen atoms in total. The lowest BCUT2D eigenvalue weighted by atomic mass is 10.1. The molecule has 1 atom stereocenters. The van der Waals surface area contributed by atoms with Crippen molar-refractivity contribution < 1.29 is 17.6 Å². The van der Waals surface area contributed by atoms with E-state index in [9.17, 15) is 17.6 Å². The number of hydrogen-bond acceptors (Lipinski definition) is 1. The van der Waals surface area contributed by atoms with E-state index in [1.54, 1.807) is 0 Å². The topological polar surface area (TPSA) is 3.24 Å². The molecule has 1 aromatic rings. The van der Waals surface area contributed by atoms with Gasteiger partial charge in [0.15, 0.2) is 23.3 Å². The first-order valence-corrected chi connectivity index (χ1v) is 6.03. The molecule has 1 aliphatic heterocycles. The molecule has 1 heterocycles. The van der Waals surface area contributed by atoms with Crippen molar-refractivity contribution in [2.24, 2.45) is 0 Å². The van der Waals surface area contributed by atoms with E-state index >= 15 is 0 Å². The SMILES string of the molecule is Cc1c(F)c(F)c(F)c(N2CCCP2)c1F. The molecule has 1 aliphatic rings. The van der Waals surface area contributed by atoms with Crippen LogP contribution in [0.2, 0.25) is 0 Å². The van der Waals surface area contributed by atoms with Crippen LogP contribution in [0.5, 0.6) is 0 Å². The summed E-state index contributed by atoms with van der Waals surface area (Å²) in [5.74, 6) is -5.45. The minimum atomic E-state index is -1.59. The van der Waals surface area contributed by atoms with Crippen molar-refractivity contribution in [2.75, 3.05) is 17.4 Å². The van der Waals surface area contributed by atoms with Crippen LogP contribution in [-0.4, -0.2) is 12.7 Å².